The van der Waals surface area contributed by atoms with Crippen molar-refractivity contribution in [3.05, 3.63) is 36.0 Å². The summed E-state index contributed by atoms with van der Waals surface area (Å²) < 4.78 is 88.5. The third kappa shape index (κ3) is 1.95. The molecule has 0 bridgehead atoms. The summed E-state index contributed by atoms with van der Waals surface area (Å²) in [5, 5.41) is 0.121. The zero-order chi connectivity index (χ0) is 14.5. The van der Waals surface area contributed by atoms with Crippen LogP contribution in [-0.4, -0.2) is 17.1 Å². The summed E-state index contributed by atoms with van der Waals surface area (Å²) in [6, 6.07) is 6.06. The van der Waals surface area contributed by atoms with Crippen molar-refractivity contribution in [1.82, 2.24) is 4.98 Å². The number of benzene rings is 1. The maximum absolute atomic E-state index is 13.4. The van der Waals surface area contributed by atoms with Crippen molar-refractivity contribution in [2.45, 2.75) is 18.0 Å². The van der Waals surface area contributed by atoms with Crippen molar-refractivity contribution in [2.75, 3.05) is 0 Å². The maximum atomic E-state index is 13.4. The zero-order valence-corrected chi connectivity index (χ0v) is 9.03. The Labute approximate surface area is 102 Å². The van der Waals surface area contributed by atoms with Crippen LogP contribution in [0.2, 0.25) is 0 Å². The molecule has 19 heavy (non-hydrogen) atoms. The van der Waals surface area contributed by atoms with Gasteiger partial charge < -0.3 is 4.98 Å². The van der Waals surface area contributed by atoms with E-state index in [0.29, 0.717) is 6.07 Å². The van der Waals surface area contributed by atoms with Crippen molar-refractivity contribution >= 4 is 10.9 Å². The van der Waals surface area contributed by atoms with Gasteiger partial charge in [0, 0.05) is 5.52 Å². The van der Waals surface area contributed by atoms with Gasteiger partial charge in [-0.1, -0.05) is 18.2 Å². The van der Waals surface area contributed by atoms with Gasteiger partial charge in [-0.15, -0.1) is 0 Å². The Kier molecular flexibility index (Phi) is 2.80. The molecule has 2 rings (SSSR count). The average Bonchev–Trinajstić information content (AvgIpc) is 2.71. The van der Waals surface area contributed by atoms with Crippen LogP contribution < -0.4 is 0 Å². The van der Waals surface area contributed by atoms with E-state index >= 15 is 0 Å². The molecule has 0 amide bonds. The molecule has 0 aliphatic rings. The molecule has 0 unspecified atom stereocenters. The molecule has 1 heterocycles. The highest BCUT2D eigenvalue weighted by Gasteiger charge is 2.74. The fourth-order valence-corrected chi connectivity index (χ4v) is 1.59. The van der Waals surface area contributed by atoms with Crippen LogP contribution in [0.1, 0.15) is 5.69 Å². The van der Waals surface area contributed by atoms with E-state index in [1.54, 1.807) is 0 Å². The number of hydrogen-bond donors (Lipinski definition) is 1. The highest BCUT2D eigenvalue weighted by Crippen LogP contribution is 2.51. The molecule has 8 heteroatoms. The van der Waals surface area contributed by atoms with Crippen LogP contribution in [0.25, 0.3) is 10.9 Å². The number of halogens is 7. The second kappa shape index (κ2) is 3.88. The first kappa shape index (κ1) is 13.7. The first-order chi connectivity index (χ1) is 8.57. The van der Waals surface area contributed by atoms with Crippen LogP contribution in [0.3, 0.4) is 0 Å². The summed E-state index contributed by atoms with van der Waals surface area (Å²) >= 11 is 0. The summed E-state index contributed by atoms with van der Waals surface area (Å²) in [5.74, 6) is -11.5. The lowest BCUT2D eigenvalue weighted by atomic mass is 10.1. The number of fused-ring (bicyclic) bond motifs is 1. The number of aromatic amines is 1. The number of H-pyrrole nitrogens is 1. The van der Waals surface area contributed by atoms with E-state index in [1.165, 1.54) is 24.3 Å². The Morgan fingerprint density at radius 2 is 1.42 bits per heavy atom. The quantitative estimate of drug-likeness (QED) is 0.784. The topological polar surface area (TPSA) is 15.8 Å². The van der Waals surface area contributed by atoms with Crippen LogP contribution >= 0.6 is 0 Å². The number of para-hydroxylation sites is 1. The molecule has 0 atom stereocenters. The van der Waals surface area contributed by atoms with E-state index in [0.717, 1.165) is 0 Å². The normalized spacial score (nSPS) is 14.1. The minimum absolute atomic E-state index is 0.0511. The maximum Gasteiger partial charge on any atom is 0.460 e. The summed E-state index contributed by atoms with van der Waals surface area (Å²) in [6.07, 6.45) is -6.34. The van der Waals surface area contributed by atoms with Crippen molar-refractivity contribution in [2.24, 2.45) is 0 Å². The van der Waals surface area contributed by atoms with Crippen LogP contribution in [0.15, 0.2) is 30.3 Å². The number of aromatic nitrogens is 1. The van der Waals surface area contributed by atoms with E-state index in [2.05, 4.69) is 0 Å². The summed E-state index contributed by atoms with van der Waals surface area (Å²) in [5.41, 5.74) is -1.42. The van der Waals surface area contributed by atoms with E-state index in [9.17, 15) is 30.7 Å². The first-order valence-electron chi connectivity index (χ1n) is 4.98. The van der Waals surface area contributed by atoms with Gasteiger partial charge in [0.05, 0.1) is 5.69 Å². The minimum Gasteiger partial charge on any atom is -0.353 e. The third-order valence-electron chi connectivity index (χ3n) is 2.62. The molecule has 0 radical (unpaired) electrons. The predicted octanol–water partition coefficient (Wildman–Crippen LogP) is 4.46. The lowest BCUT2D eigenvalue weighted by Crippen LogP contribution is -2.50. The monoisotopic (exact) mass is 285 g/mol. The molecule has 1 nitrogen and oxygen atoms in total. The van der Waals surface area contributed by atoms with Gasteiger partial charge in [0.2, 0.25) is 0 Å². The second-order valence-electron chi connectivity index (χ2n) is 3.92. The Morgan fingerprint density at radius 3 is 1.95 bits per heavy atom. The number of nitrogens with one attached hydrogen (secondary N) is 1. The molecule has 0 spiro atoms. The van der Waals surface area contributed by atoms with Gasteiger partial charge >= 0.3 is 18.0 Å². The fourth-order valence-electron chi connectivity index (χ4n) is 1.59. The van der Waals surface area contributed by atoms with Gasteiger partial charge in [0.25, 0.3) is 0 Å². The first-order valence-corrected chi connectivity index (χ1v) is 4.98. The molecular weight excluding hydrogens is 279 g/mol. The summed E-state index contributed by atoms with van der Waals surface area (Å²) in [7, 11) is 0. The Hall–Kier alpha value is -1.73. The number of alkyl halides is 7. The van der Waals surface area contributed by atoms with Gasteiger partial charge in [-0.25, -0.2) is 0 Å². The Balaban J connectivity index is 2.55. The van der Waals surface area contributed by atoms with Crippen molar-refractivity contribution in [1.29, 1.82) is 0 Å². The van der Waals surface area contributed by atoms with Crippen molar-refractivity contribution in [3.63, 3.8) is 0 Å². The zero-order valence-electron chi connectivity index (χ0n) is 9.03. The van der Waals surface area contributed by atoms with E-state index in [1.807, 2.05) is 4.98 Å². The minimum atomic E-state index is -6.34. The van der Waals surface area contributed by atoms with E-state index in [4.69, 9.17) is 0 Å². The summed E-state index contributed by atoms with van der Waals surface area (Å²) in [6.45, 7) is 0. The largest absolute Gasteiger partial charge is 0.460 e. The van der Waals surface area contributed by atoms with E-state index < -0.39 is 23.7 Å². The van der Waals surface area contributed by atoms with Crippen LogP contribution in [0.4, 0.5) is 30.7 Å². The van der Waals surface area contributed by atoms with E-state index in [-0.39, 0.29) is 10.9 Å². The van der Waals surface area contributed by atoms with Crippen molar-refractivity contribution < 1.29 is 30.7 Å². The Morgan fingerprint density at radius 1 is 0.842 bits per heavy atom. The molecule has 104 valence electrons. The molecule has 1 aromatic heterocycles. The lowest BCUT2D eigenvalue weighted by molar-refractivity contribution is -0.360. The van der Waals surface area contributed by atoms with Gasteiger partial charge in [-0.3, -0.25) is 0 Å². The van der Waals surface area contributed by atoms with Crippen molar-refractivity contribution in [3.8, 4) is 0 Å². The molecule has 0 aliphatic heterocycles. The Bertz CT molecular complexity index is 563. The molecule has 0 saturated carbocycles. The predicted molar refractivity (Wildman–Crippen MR) is 53.2 cm³/mol. The SMILES string of the molecule is FC(F)(F)C(F)(F)C(F)(F)c1cc2ccccc2[nH]1. The van der Waals surface area contributed by atoms with Crippen LogP contribution in [0, 0.1) is 0 Å². The highest BCUT2D eigenvalue weighted by atomic mass is 19.4. The third-order valence-corrected chi connectivity index (χ3v) is 2.62. The standard InChI is InChI=1S/C11H6F7N/c12-9(13,10(14,15)11(16,17)18)8-5-6-3-1-2-4-7(6)19-8/h1-5,19H. The lowest BCUT2D eigenvalue weighted by Gasteiger charge is -2.27. The molecule has 1 N–H and O–H groups in total. The molecule has 0 fully saturated rings. The number of rotatable bonds is 2. The van der Waals surface area contributed by atoms with Gasteiger partial charge in [-0.2, -0.15) is 30.7 Å². The smallest absolute Gasteiger partial charge is 0.353 e. The average molecular weight is 285 g/mol. The van der Waals surface area contributed by atoms with Gasteiger partial charge in [0.1, 0.15) is 0 Å². The van der Waals surface area contributed by atoms with Gasteiger partial charge in [-0.05, 0) is 17.5 Å². The molecule has 2 aromatic rings. The molecule has 0 aliphatic carbocycles. The highest BCUT2D eigenvalue weighted by molar-refractivity contribution is 5.80. The number of hydrogen-bond acceptors (Lipinski definition) is 0. The van der Waals surface area contributed by atoms with Gasteiger partial charge in [0.15, 0.2) is 0 Å². The molecule has 0 saturated heterocycles. The molecular formula is C11H6F7N. The van der Waals surface area contributed by atoms with Crippen LogP contribution in [0.5, 0.6) is 0 Å². The van der Waals surface area contributed by atoms with Crippen LogP contribution in [-0.2, 0) is 5.92 Å². The second-order valence-corrected chi connectivity index (χ2v) is 3.92. The summed E-state index contributed by atoms with van der Waals surface area (Å²) in [4.78, 5) is 1.88. The fraction of sp³-hybridized carbons (Fsp3) is 0.273. The molecule has 1 aromatic carbocycles.